The Kier molecular flexibility index (Phi) is 3.27. The monoisotopic (exact) mass is 293 g/mol. The molecule has 0 aliphatic heterocycles. The summed E-state index contributed by atoms with van der Waals surface area (Å²) in [7, 11) is 0. The fourth-order valence-corrected chi connectivity index (χ4v) is 3.13. The Morgan fingerprint density at radius 3 is 2.60 bits per heavy atom. The molecule has 2 aromatic rings. The van der Waals surface area contributed by atoms with Crippen molar-refractivity contribution in [3.8, 4) is 0 Å². The molecular weight excluding hydrogens is 280 g/mol. The van der Waals surface area contributed by atoms with Crippen molar-refractivity contribution in [3.05, 3.63) is 69.7 Å². The largest absolute Gasteiger partial charge is 0.321 e. The van der Waals surface area contributed by atoms with Crippen LogP contribution in [0.4, 0.5) is 8.78 Å². The lowest BCUT2D eigenvalue weighted by molar-refractivity contribution is 0.438. The van der Waals surface area contributed by atoms with E-state index in [-0.39, 0.29) is 11.6 Å². The molecule has 20 heavy (non-hydrogen) atoms. The van der Waals surface area contributed by atoms with Crippen LogP contribution in [0.15, 0.2) is 36.4 Å². The number of rotatable bonds is 2. The van der Waals surface area contributed by atoms with Crippen LogP contribution in [0.3, 0.4) is 0 Å². The van der Waals surface area contributed by atoms with E-state index in [1.807, 2.05) is 0 Å². The molecule has 104 valence electrons. The van der Waals surface area contributed by atoms with Crippen molar-refractivity contribution >= 4 is 11.6 Å². The highest BCUT2D eigenvalue weighted by molar-refractivity contribution is 6.31. The first kappa shape index (κ1) is 13.5. The van der Waals surface area contributed by atoms with Gasteiger partial charge >= 0.3 is 0 Å². The first-order chi connectivity index (χ1) is 9.48. The number of benzene rings is 2. The SMILES string of the molecule is NC1(Cc2cc(F)ccc2Cl)CCc2cc(F)ccc21. The van der Waals surface area contributed by atoms with Gasteiger partial charge in [-0.15, -0.1) is 0 Å². The molecule has 1 nitrogen and oxygen atoms in total. The van der Waals surface area contributed by atoms with Crippen LogP contribution in [-0.4, -0.2) is 0 Å². The minimum Gasteiger partial charge on any atom is -0.321 e. The maximum atomic E-state index is 13.3. The van der Waals surface area contributed by atoms with E-state index in [1.165, 1.54) is 30.3 Å². The van der Waals surface area contributed by atoms with E-state index in [1.54, 1.807) is 6.07 Å². The summed E-state index contributed by atoms with van der Waals surface area (Å²) in [6, 6.07) is 8.95. The molecule has 0 fully saturated rings. The van der Waals surface area contributed by atoms with Gasteiger partial charge in [0, 0.05) is 10.6 Å². The molecule has 0 bridgehead atoms. The van der Waals surface area contributed by atoms with Crippen LogP contribution in [0.1, 0.15) is 23.1 Å². The zero-order valence-corrected chi connectivity index (χ0v) is 11.6. The number of hydrogen-bond acceptors (Lipinski definition) is 1. The minimum atomic E-state index is -0.611. The molecule has 1 aliphatic carbocycles. The van der Waals surface area contributed by atoms with Crippen molar-refractivity contribution in [3.63, 3.8) is 0 Å². The summed E-state index contributed by atoms with van der Waals surface area (Å²) >= 11 is 6.11. The Morgan fingerprint density at radius 1 is 1.10 bits per heavy atom. The fourth-order valence-electron chi connectivity index (χ4n) is 2.95. The molecule has 0 radical (unpaired) electrons. The van der Waals surface area contributed by atoms with Gasteiger partial charge in [0.05, 0.1) is 0 Å². The second-order valence-corrected chi connectivity index (χ2v) is 5.78. The van der Waals surface area contributed by atoms with Crippen LogP contribution in [0.2, 0.25) is 5.02 Å². The normalized spacial score (nSPS) is 21.0. The standard InChI is InChI=1S/C16H14ClF2N/c17-15-4-2-13(19)8-11(15)9-16(20)6-5-10-7-12(18)1-3-14(10)16/h1-4,7-8H,5-6,9,20H2. The molecule has 1 unspecified atom stereocenters. The molecule has 1 aliphatic rings. The lowest BCUT2D eigenvalue weighted by Gasteiger charge is -2.26. The highest BCUT2D eigenvalue weighted by Crippen LogP contribution is 2.38. The summed E-state index contributed by atoms with van der Waals surface area (Å²) in [6.45, 7) is 0. The highest BCUT2D eigenvalue weighted by Gasteiger charge is 2.35. The molecule has 0 aromatic heterocycles. The lowest BCUT2D eigenvalue weighted by Crippen LogP contribution is -2.36. The molecule has 0 heterocycles. The third-order valence-corrected chi connectivity index (χ3v) is 4.33. The van der Waals surface area contributed by atoms with E-state index in [0.717, 1.165) is 17.5 Å². The molecular formula is C16H14ClF2N. The summed E-state index contributed by atoms with van der Waals surface area (Å²) in [5.74, 6) is -0.581. The van der Waals surface area contributed by atoms with E-state index in [2.05, 4.69) is 0 Å². The van der Waals surface area contributed by atoms with Crippen LogP contribution in [-0.2, 0) is 18.4 Å². The second-order valence-electron chi connectivity index (χ2n) is 5.37. The van der Waals surface area contributed by atoms with Crippen LogP contribution in [0.25, 0.3) is 0 Å². The Balaban J connectivity index is 1.98. The van der Waals surface area contributed by atoms with Gasteiger partial charge in [0.15, 0.2) is 0 Å². The third-order valence-electron chi connectivity index (χ3n) is 3.96. The van der Waals surface area contributed by atoms with Gasteiger partial charge in [-0.2, -0.15) is 0 Å². The molecule has 1 atom stereocenters. The summed E-state index contributed by atoms with van der Waals surface area (Å²) in [4.78, 5) is 0. The summed E-state index contributed by atoms with van der Waals surface area (Å²) in [5.41, 5.74) is 8.40. The van der Waals surface area contributed by atoms with Gasteiger partial charge in [-0.1, -0.05) is 17.7 Å². The quantitative estimate of drug-likeness (QED) is 0.891. The molecule has 0 amide bonds. The second kappa shape index (κ2) is 4.83. The van der Waals surface area contributed by atoms with E-state index in [9.17, 15) is 8.78 Å². The number of fused-ring (bicyclic) bond motifs is 1. The molecule has 4 heteroatoms. The predicted octanol–water partition coefficient (Wildman–Crippen LogP) is 3.96. The molecule has 0 saturated heterocycles. The Morgan fingerprint density at radius 2 is 1.80 bits per heavy atom. The van der Waals surface area contributed by atoms with Gasteiger partial charge in [-0.05, 0) is 66.3 Å². The molecule has 2 aromatic carbocycles. The summed E-state index contributed by atoms with van der Waals surface area (Å²) in [5, 5.41) is 0.506. The maximum Gasteiger partial charge on any atom is 0.123 e. The summed E-state index contributed by atoms with van der Waals surface area (Å²) in [6.07, 6.45) is 1.89. The van der Waals surface area contributed by atoms with Crippen molar-refractivity contribution in [2.24, 2.45) is 5.73 Å². The van der Waals surface area contributed by atoms with E-state index in [0.29, 0.717) is 23.4 Å². The average molecular weight is 294 g/mol. The maximum absolute atomic E-state index is 13.3. The molecule has 0 spiro atoms. The van der Waals surface area contributed by atoms with Gasteiger partial charge in [0.2, 0.25) is 0 Å². The van der Waals surface area contributed by atoms with Crippen LogP contribution in [0.5, 0.6) is 0 Å². The topological polar surface area (TPSA) is 26.0 Å². The molecule has 3 rings (SSSR count). The van der Waals surface area contributed by atoms with Crippen LogP contribution in [0, 0.1) is 11.6 Å². The molecule has 0 saturated carbocycles. The Labute approximate surface area is 121 Å². The zero-order valence-electron chi connectivity index (χ0n) is 10.8. The highest BCUT2D eigenvalue weighted by atomic mass is 35.5. The van der Waals surface area contributed by atoms with Crippen molar-refractivity contribution in [2.75, 3.05) is 0 Å². The van der Waals surface area contributed by atoms with E-state index < -0.39 is 5.54 Å². The van der Waals surface area contributed by atoms with Crippen LogP contribution >= 0.6 is 11.6 Å². The van der Waals surface area contributed by atoms with Crippen molar-refractivity contribution in [1.82, 2.24) is 0 Å². The minimum absolute atomic E-state index is 0.253. The third kappa shape index (κ3) is 2.32. The Bertz CT molecular complexity index is 672. The number of halogens is 3. The number of hydrogen-bond donors (Lipinski definition) is 1. The smallest absolute Gasteiger partial charge is 0.123 e. The van der Waals surface area contributed by atoms with Crippen molar-refractivity contribution in [1.29, 1.82) is 0 Å². The number of nitrogens with two attached hydrogens (primary N) is 1. The van der Waals surface area contributed by atoms with Gasteiger partial charge in [0.25, 0.3) is 0 Å². The van der Waals surface area contributed by atoms with Gasteiger partial charge in [-0.3, -0.25) is 0 Å². The number of aryl methyl sites for hydroxylation is 1. The van der Waals surface area contributed by atoms with E-state index in [4.69, 9.17) is 17.3 Å². The average Bonchev–Trinajstić information content (AvgIpc) is 2.71. The fraction of sp³-hybridized carbons (Fsp3) is 0.250. The van der Waals surface area contributed by atoms with Crippen LogP contribution < -0.4 is 5.73 Å². The first-order valence-corrected chi connectivity index (χ1v) is 6.87. The predicted molar refractivity (Wildman–Crippen MR) is 75.7 cm³/mol. The molecule has 2 N–H and O–H groups in total. The summed E-state index contributed by atoms with van der Waals surface area (Å²) < 4.78 is 26.6. The van der Waals surface area contributed by atoms with Gasteiger partial charge in [0.1, 0.15) is 11.6 Å². The first-order valence-electron chi connectivity index (χ1n) is 6.50. The van der Waals surface area contributed by atoms with Gasteiger partial charge in [-0.25, -0.2) is 8.78 Å². The van der Waals surface area contributed by atoms with Crippen molar-refractivity contribution in [2.45, 2.75) is 24.8 Å². The Hall–Kier alpha value is -1.45. The zero-order chi connectivity index (χ0) is 14.3. The van der Waals surface area contributed by atoms with E-state index >= 15 is 0 Å². The lowest BCUT2D eigenvalue weighted by atomic mass is 9.86. The van der Waals surface area contributed by atoms with Gasteiger partial charge < -0.3 is 5.73 Å². The van der Waals surface area contributed by atoms with Crippen molar-refractivity contribution < 1.29 is 8.78 Å².